The van der Waals surface area contributed by atoms with Crippen LogP contribution in [-0.2, 0) is 11.2 Å². The van der Waals surface area contributed by atoms with Gasteiger partial charge in [-0.05, 0) is 24.5 Å². The Bertz CT molecular complexity index is 226. The summed E-state index contributed by atoms with van der Waals surface area (Å²) in [7, 11) is 1.67. The second kappa shape index (κ2) is 5.42. The summed E-state index contributed by atoms with van der Waals surface area (Å²) in [5.41, 5.74) is 1.37. The number of aryl methyl sites for hydroxylation is 1. The minimum Gasteiger partial charge on any atom is -0.505 e. The van der Waals surface area contributed by atoms with Crippen molar-refractivity contribution in [1.29, 1.82) is 0 Å². The van der Waals surface area contributed by atoms with Gasteiger partial charge in [0.2, 0.25) is 0 Å². The quantitative estimate of drug-likeness (QED) is 0.618. The molecule has 1 heteroatoms. The Morgan fingerprint density at radius 3 is 2.67 bits per heavy atom. The van der Waals surface area contributed by atoms with Crippen molar-refractivity contribution >= 4 is 0 Å². The van der Waals surface area contributed by atoms with Gasteiger partial charge in [0, 0.05) is 0 Å². The molecule has 12 heavy (non-hydrogen) atoms. The Labute approximate surface area is 73.7 Å². The highest BCUT2D eigenvalue weighted by atomic mass is 16.5. The molecule has 0 N–H and O–H groups in total. The van der Waals surface area contributed by atoms with Crippen molar-refractivity contribution in [3.63, 3.8) is 0 Å². The monoisotopic (exact) mass is 162 g/mol. The SMILES string of the molecule is COC=CCCc1ccccc1. The lowest BCUT2D eigenvalue weighted by atomic mass is 10.1. The highest BCUT2D eigenvalue weighted by Crippen LogP contribution is 2.02. The van der Waals surface area contributed by atoms with Gasteiger partial charge in [-0.1, -0.05) is 30.3 Å². The molecular formula is C11H14O. The van der Waals surface area contributed by atoms with E-state index in [9.17, 15) is 0 Å². The second-order valence-electron chi connectivity index (χ2n) is 2.63. The van der Waals surface area contributed by atoms with E-state index in [0.29, 0.717) is 0 Å². The first-order valence-corrected chi connectivity index (χ1v) is 4.15. The van der Waals surface area contributed by atoms with Gasteiger partial charge in [-0.3, -0.25) is 0 Å². The molecule has 0 heterocycles. The zero-order valence-corrected chi connectivity index (χ0v) is 7.36. The molecule has 64 valence electrons. The van der Waals surface area contributed by atoms with Crippen LogP contribution in [0.1, 0.15) is 12.0 Å². The maximum absolute atomic E-state index is 4.80. The summed E-state index contributed by atoms with van der Waals surface area (Å²) in [6, 6.07) is 10.4. The predicted octanol–water partition coefficient (Wildman–Crippen LogP) is 2.78. The molecule has 0 aromatic heterocycles. The zero-order chi connectivity index (χ0) is 8.65. The van der Waals surface area contributed by atoms with Gasteiger partial charge in [0.15, 0.2) is 0 Å². The van der Waals surface area contributed by atoms with Crippen LogP contribution < -0.4 is 0 Å². The van der Waals surface area contributed by atoms with Gasteiger partial charge in [-0.15, -0.1) is 0 Å². The number of benzene rings is 1. The smallest absolute Gasteiger partial charge is 0.0784 e. The van der Waals surface area contributed by atoms with Crippen LogP contribution in [-0.4, -0.2) is 7.11 Å². The molecule has 0 saturated carbocycles. The van der Waals surface area contributed by atoms with Crippen LogP contribution in [0, 0.1) is 0 Å². The first-order chi connectivity index (χ1) is 5.93. The topological polar surface area (TPSA) is 9.23 Å². The van der Waals surface area contributed by atoms with Crippen molar-refractivity contribution in [1.82, 2.24) is 0 Å². The van der Waals surface area contributed by atoms with Gasteiger partial charge >= 0.3 is 0 Å². The zero-order valence-electron chi connectivity index (χ0n) is 7.36. The third-order valence-electron chi connectivity index (χ3n) is 1.67. The third kappa shape index (κ3) is 3.24. The van der Waals surface area contributed by atoms with Crippen LogP contribution in [0.4, 0.5) is 0 Å². The minimum atomic E-state index is 1.04. The molecule has 1 rings (SSSR count). The summed E-state index contributed by atoms with van der Waals surface area (Å²) >= 11 is 0. The molecule has 0 aliphatic heterocycles. The molecule has 0 bridgehead atoms. The van der Waals surface area contributed by atoms with Crippen LogP contribution >= 0.6 is 0 Å². The molecule has 0 aliphatic carbocycles. The van der Waals surface area contributed by atoms with E-state index in [0.717, 1.165) is 12.8 Å². The number of rotatable bonds is 4. The average molecular weight is 162 g/mol. The summed E-state index contributed by atoms with van der Waals surface area (Å²) in [5, 5.41) is 0. The third-order valence-corrected chi connectivity index (χ3v) is 1.67. The first kappa shape index (κ1) is 8.85. The number of ether oxygens (including phenoxy) is 1. The molecule has 0 amide bonds. The Kier molecular flexibility index (Phi) is 4.00. The molecule has 1 aromatic rings. The molecule has 0 unspecified atom stereocenters. The summed E-state index contributed by atoms with van der Waals surface area (Å²) in [6.07, 6.45) is 5.88. The Balaban J connectivity index is 2.29. The molecule has 0 atom stereocenters. The van der Waals surface area contributed by atoms with Gasteiger partial charge in [0.1, 0.15) is 0 Å². The van der Waals surface area contributed by atoms with Crippen LogP contribution in [0.3, 0.4) is 0 Å². The molecule has 1 aromatic carbocycles. The van der Waals surface area contributed by atoms with E-state index in [-0.39, 0.29) is 0 Å². The van der Waals surface area contributed by atoms with Crippen LogP contribution in [0.2, 0.25) is 0 Å². The maximum Gasteiger partial charge on any atom is 0.0784 e. The highest BCUT2D eigenvalue weighted by Gasteiger charge is 1.87. The molecule has 0 radical (unpaired) electrons. The molecule has 0 saturated heterocycles. The lowest BCUT2D eigenvalue weighted by Crippen LogP contribution is -1.81. The lowest BCUT2D eigenvalue weighted by molar-refractivity contribution is 0.336. The molecule has 0 spiro atoms. The number of methoxy groups -OCH3 is 1. The normalized spacial score (nSPS) is 10.4. The fourth-order valence-corrected chi connectivity index (χ4v) is 1.06. The van der Waals surface area contributed by atoms with Crippen molar-refractivity contribution in [3.05, 3.63) is 48.2 Å². The Morgan fingerprint density at radius 2 is 2.00 bits per heavy atom. The predicted molar refractivity (Wildman–Crippen MR) is 50.9 cm³/mol. The number of hydrogen-bond donors (Lipinski definition) is 0. The maximum atomic E-state index is 4.80. The van der Waals surface area contributed by atoms with E-state index in [1.165, 1.54) is 5.56 Å². The van der Waals surface area contributed by atoms with Crippen molar-refractivity contribution in [3.8, 4) is 0 Å². The Hall–Kier alpha value is -1.24. The fourth-order valence-electron chi connectivity index (χ4n) is 1.06. The van der Waals surface area contributed by atoms with E-state index in [1.807, 2.05) is 12.1 Å². The molecule has 0 fully saturated rings. The number of hydrogen-bond acceptors (Lipinski definition) is 1. The summed E-state index contributed by atoms with van der Waals surface area (Å²) < 4.78 is 4.80. The number of allylic oxidation sites excluding steroid dienone is 1. The lowest BCUT2D eigenvalue weighted by Gasteiger charge is -1.95. The van der Waals surface area contributed by atoms with Crippen molar-refractivity contribution in [2.24, 2.45) is 0 Å². The highest BCUT2D eigenvalue weighted by molar-refractivity contribution is 5.15. The van der Waals surface area contributed by atoms with Gasteiger partial charge < -0.3 is 4.74 Å². The van der Waals surface area contributed by atoms with Gasteiger partial charge in [-0.25, -0.2) is 0 Å². The van der Waals surface area contributed by atoms with Crippen molar-refractivity contribution in [2.75, 3.05) is 7.11 Å². The van der Waals surface area contributed by atoms with E-state index in [2.05, 4.69) is 24.3 Å². The largest absolute Gasteiger partial charge is 0.505 e. The summed E-state index contributed by atoms with van der Waals surface area (Å²) in [4.78, 5) is 0. The first-order valence-electron chi connectivity index (χ1n) is 4.15. The summed E-state index contributed by atoms with van der Waals surface area (Å²) in [6.45, 7) is 0. The molecule has 0 aliphatic rings. The second-order valence-corrected chi connectivity index (χ2v) is 2.63. The van der Waals surface area contributed by atoms with Crippen LogP contribution in [0.5, 0.6) is 0 Å². The molecule has 1 nitrogen and oxygen atoms in total. The van der Waals surface area contributed by atoms with E-state index in [4.69, 9.17) is 4.74 Å². The van der Waals surface area contributed by atoms with Gasteiger partial charge in [-0.2, -0.15) is 0 Å². The molecular weight excluding hydrogens is 148 g/mol. The van der Waals surface area contributed by atoms with Crippen LogP contribution in [0.15, 0.2) is 42.7 Å². The van der Waals surface area contributed by atoms with Gasteiger partial charge in [0.25, 0.3) is 0 Å². The van der Waals surface area contributed by atoms with E-state index in [1.54, 1.807) is 13.4 Å². The fraction of sp³-hybridized carbons (Fsp3) is 0.273. The van der Waals surface area contributed by atoms with Crippen molar-refractivity contribution < 1.29 is 4.74 Å². The Morgan fingerprint density at radius 1 is 1.25 bits per heavy atom. The van der Waals surface area contributed by atoms with Gasteiger partial charge in [0.05, 0.1) is 13.4 Å². The van der Waals surface area contributed by atoms with Crippen LogP contribution in [0.25, 0.3) is 0 Å². The minimum absolute atomic E-state index is 1.04. The summed E-state index contributed by atoms with van der Waals surface area (Å²) in [5.74, 6) is 0. The standard InChI is InChI=1S/C11H14O/c1-12-10-6-5-9-11-7-3-2-4-8-11/h2-4,6-8,10H,5,9H2,1H3. The van der Waals surface area contributed by atoms with Crippen molar-refractivity contribution in [2.45, 2.75) is 12.8 Å². The van der Waals surface area contributed by atoms with E-state index >= 15 is 0 Å². The average Bonchev–Trinajstić information content (AvgIpc) is 2.14. The van der Waals surface area contributed by atoms with E-state index < -0.39 is 0 Å².